The molecule has 16 heavy (non-hydrogen) atoms. The number of esters is 1. The third kappa shape index (κ3) is 2.89. The maximum Gasteiger partial charge on any atom is 0.345 e. The molecule has 4 heteroatoms. The molecule has 0 N–H and O–H groups in total. The molecule has 1 aromatic rings. The van der Waals surface area contributed by atoms with E-state index >= 15 is 0 Å². The van der Waals surface area contributed by atoms with E-state index in [-0.39, 0.29) is 18.0 Å². The van der Waals surface area contributed by atoms with Crippen LogP contribution in [-0.2, 0) is 9.53 Å². The highest BCUT2D eigenvalue weighted by molar-refractivity contribution is 5.94. The Morgan fingerprint density at radius 1 is 1.44 bits per heavy atom. The molecule has 0 bridgehead atoms. The largest absolute Gasteiger partial charge is 0.464 e. The fourth-order valence-electron chi connectivity index (χ4n) is 1.27. The van der Waals surface area contributed by atoms with Crippen molar-refractivity contribution < 1.29 is 18.7 Å². The summed E-state index contributed by atoms with van der Waals surface area (Å²) in [6, 6.07) is 5.93. The van der Waals surface area contributed by atoms with Crippen LogP contribution in [0.15, 0.2) is 24.3 Å². The topological polar surface area (TPSA) is 43.4 Å². The number of ether oxygens (including phenoxy) is 1. The van der Waals surface area contributed by atoms with Gasteiger partial charge in [-0.3, -0.25) is 4.79 Å². The van der Waals surface area contributed by atoms with Crippen molar-refractivity contribution in [1.82, 2.24) is 0 Å². The van der Waals surface area contributed by atoms with Crippen molar-refractivity contribution in [2.75, 3.05) is 6.61 Å². The van der Waals surface area contributed by atoms with Gasteiger partial charge in [0.1, 0.15) is 0 Å². The Hall–Kier alpha value is -1.71. The lowest BCUT2D eigenvalue weighted by molar-refractivity contribution is -0.149. The summed E-state index contributed by atoms with van der Waals surface area (Å²) >= 11 is 0. The van der Waals surface area contributed by atoms with Crippen molar-refractivity contribution in [3.05, 3.63) is 35.4 Å². The van der Waals surface area contributed by atoms with Crippen LogP contribution in [0.1, 0.15) is 35.9 Å². The molecular weight excluding hydrogens is 211 g/mol. The molecule has 0 saturated heterocycles. The third-order valence-electron chi connectivity index (χ3n) is 2.08. The minimum Gasteiger partial charge on any atom is -0.464 e. The standard InChI is InChI=1S/C12H13FO3/c1-3-16-12(15)11(13)10-6-4-5-9(7-10)8(2)14/h4-7,11H,3H2,1-2H3. The number of carbonyl (C=O) groups is 2. The summed E-state index contributed by atoms with van der Waals surface area (Å²) in [7, 11) is 0. The van der Waals surface area contributed by atoms with Crippen LogP contribution in [0, 0.1) is 0 Å². The molecule has 0 heterocycles. The number of Topliss-reactive ketones (excluding diaryl/α,β-unsaturated/α-hetero) is 1. The van der Waals surface area contributed by atoms with Gasteiger partial charge in [-0.2, -0.15) is 0 Å². The minimum absolute atomic E-state index is 0.131. The summed E-state index contributed by atoms with van der Waals surface area (Å²) in [6.07, 6.45) is -1.83. The zero-order valence-electron chi connectivity index (χ0n) is 9.20. The second-order valence-electron chi connectivity index (χ2n) is 3.30. The molecule has 0 saturated carbocycles. The average Bonchev–Trinajstić information content (AvgIpc) is 2.28. The lowest BCUT2D eigenvalue weighted by Gasteiger charge is -2.08. The number of hydrogen-bond acceptors (Lipinski definition) is 3. The van der Waals surface area contributed by atoms with Crippen molar-refractivity contribution in [3.8, 4) is 0 Å². The Morgan fingerprint density at radius 2 is 2.12 bits per heavy atom. The molecule has 86 valence electrons. The predicted octanol–water partition coefficient (Wildman–Crippen LogP) is 2.46. The van der Waals surface area contributed by atoms with Crippen LogP contribution in [0.2, 0.25) is 0 Å². The highest BCUT2D eigenvalue weighted by atomic mass is 19.1. The van der Waals surface area contributed by atoms with E-state index in [0.717, 1.165) is 0 Å². The summed E-state index contributed by atoms with van der Waals surface area (Å²) < 4.78 is 18.1. The lowest BCUT2D eigenvalue weighted by atomic mass is 10.0. The second kappa shape index (κ2) is 5.39. The van der Waals surface area contributed by atoms with Gasteiger partial charge in [-0.05, 0) is 25.5 Å². The Labute approximate surface area is 93.2 Å². The molecular formula is C12H13FO3. The molecule has 1 atom stereocenters. The fourth-order valence-corrected chi connectivity index (χ4v) is 1.27. The van der Waals surface area contributed by atoms with Gasteiger partial charge in [0.25, 0.3) is 0 Å². The normalized spacial score (nSPS) is 11.9. The fraction of sp³-hybridized carbons (Fsp3) is 0.333. The van der Waals surface area contributed by atoms with Gasteiger partial charge < -0.3 is 4.74 Å². The van der Waals surface area contributed by atoms with Crippen molar-refractivity contribution in [1.29, 1.82) is 0 Å². The smallest absolute Gasteiger partial charge is 0.345 e. The summed E-state index contributed by atoms with van der Waals surface area (Å²) in [5.74, 6) is -1.10. The van der Waals surface area contributed by atoms with Crippen LogP contribution in [0.5, 0.6) is 0 Å². The molecule has 0 radical (unpaired) electrons. The van der Waals surface area contributed by atoms with Crippen molar-refractivity contribution in [2.45, 2.75) is 20.0 Å². The molecule has 0 amide bonds. The van der Waals surface area contributed by atoms with E-state index in [4.69, 9.17) is 0 Å². The SMILES string of the molecule is CCOC(=O)C(F)c1cccc(C(C)=O)c1. The molecule has 0 fully saturated rings. The summed E-state index contributed by atoms with van der Waals surface area (Å²) in [6.45, 7) is 3.12. The summed E-state index contributed by atoms with van der Waals surface area (Å²) in [4.78, 5) is 22.2. The molecule has 1 unspecified atom stereocenters. The Balaban J connectivity index is 2.91. The van der Waals surface area contributed by atoms with Crippen LogP contribution >= 0.6 is 0 Å². The Kier molecular flexibility index (Phi) is 4.17. The van der Waals surface area contributed by atoms with Gasteiger partial charge in [-0.25, -0.2) is 9.18 Å². The summed E-state index contributed by atoms with van der Waals surface area (Å²) in [5, 5.41) is 0. The lowest BCUT2D eigenvalue weighted by Crippen LogP contribution is -2.12. The van der Waals surface area contributed by atoms with Crippen LogP contribution in [-0.4, -0.2) is 18.4 Å². The maximum atomic E-state index is 13.6. The van der Waals surface area contributed by atoms with Gasteiger partial charge in [0.2, 0.25) is 6.17 Å². The van der Waals surface area contributed by atoms with E-state index in [1.54, 1.807) is 13.0 Å². The van der Waals surface area contributed by atoms with Crippen molar-refractivity contribution >= 4 is 11.8 Å². The number of hydrogen-bond donors (Lipinski definition) is 0. The first-order valence-corrected chi connectivity index (χ1v) is 4.98. The quantitative estimate of drug-likeness (QED) is 0.582. The van der Waals surface area contributed by atoms with Gasteiger partial charge in [-0.15, -0.1) is 0 Å². The monoisotopic (exact) mass is 224 g/mol. The van der Waals surface area contributed by atoms with E-state index < -0.39 is 12.1 Å². The summed E-state index contributed by atoms with van der Waals surface area (Å²) in [5.41, 5.74) is 0.524. The molecule has 1 rings (SSSR count). The van der Waals surface area contributed by atoms with Crippen LogP contribution in [0.25, 0.3) is 0 Å². The second-order valence-corrected chi connectivity index (χ2v) is 3.30. The van der Waals surface area contributed by atoms with Crippen LogP contribution in [0.4, 0.5) is 4.39 Å². The van der Waals surface area contributed by atoms with Crippen LogP contribution < -0.4 is 0 Å². The number of rotatable bonds is 4. The first-order chi connectivity index (χ1) is 7.56. The average molecular weight is 224 g/mol. The van der Waals surface area contributed by atoms with E-state index in [9.17, 15) is 14.0 Å². The zero-order chi connectivity index (χ0) is 12.1. The highest BCUT2D eigenvalue weighted by Crippen LogP contribution is 2.20. The molecule has 0 aliphatic heterocycles. The van der Waals surface area contributed by atoms with Gasteiger partial charge in [0.05, 0.1) is 6.61 Å². The predicted molar refractivity (Wildman–Crippen MR) is 56.9 cm³/mol. The molecule has 0 aliphatic carbocycles. The Bertz CT molecular complexity index is 401. The van der Waals surface area contributed by atoms with E-state index in [2.05, 4.69) is 4.74 Å². The molecule has 0 aromatic heterocycles. The van der Waals surface area contributed by atoms with Gasteiger partial charge in [-0.1, -0.05) is 18.2 Å². The Morgan fingerprint density at radius 3 is 2.69 bits per heavy atom. The van der Waals surface area contributed by atoms with Crippen molar-refractivity contribution in [2.24, 2.45) is 0 Å². The number of carbonyl (C=O) groups excluding carboxylic acids is 2. The number of benzene rings is 1. The molecule has 3 nitrogen and oxygen atoms in total. The molecule has 0 aliphatic rings. The zero-order valence-corrected chi connectivity index (χ0v) is 9.20. The van der Waals surface area contributed by atoms with Crippen molar-refractivity contribution in [3.63, 3.8) is 0 Å². The van der Waals surface area contributed by atoms with Gasteiger partial charge in [0, 0.05) is 5.56 Å². The van der Waals surface area contributed by atoms with E-state index in [1.807, 2.05) is 0 Å². The van der Waals surface area contributed by atoms with E-state index in [1.165, 1.54) is 25.1 Å². The first kappa shape index (κ1) is 12.4. The first-order valence-electron chi connectivity index (χ1n) is 4.98. The van der Waals surface area contributed by atoms with E-state index in [0.29, 0.717) is 5.56 Å². The molecule has 1 aromatic carbocycles. The van der Waals surface area contributed by atoms with Gasteiger partial charge in [0.15, 0.2) is 5.78 Å². The number of alkyl halides is 1. The highest BCUT2D eigenvalue weighted by Gasteiger charge is 2.21. The number of ketones is 1. The van der Waals surface area contributed by atoms with Crippen LogP contribution in [0.3, 0.4) is 0 Å². The maximum absolute atomic E-state index is 13.6. The minimum atomic E-state index is -1.83. The number of halogens is 1. The third-order valence-corrected chi connectivity index (χ3v) is 2.08. The van der Waals surface area contributed by atoms with Gasteiger partial charge >= 0.3 is 5.97 Å². The molecule has 0 spiro atoms.